The van der Waals surface area contributed by atoms with Gasteiger partial charge < -0.3 is 10.6 Å². The molecule has 2 heterocycles. The van der Waals surface area contributed by atoms with E-state index in [4.69, 9.17) is 11.6 Å². The highest BCUT2D eigenvalue weighted by molar-refractivity contribution is 7.12. The van der Waals surface area contributed by atoms with Crippen LogP contribution in [0.1, 0.15) is 51.8 Å². The number of carbonyl (C=O) groups excluding carboxylic acids is 4. The summed E-state index contributed by atoms with van der Waals surface area (Å²) in [5, 5.41) is 10.1. The third-order valence-corrected chi connectivity index (χ3v) is 7.19. The molecule has 1 unspecified atom stereocenters. The first-order valence-electron chi connectivity index (χ1n) is 10.7. The number of imide groups is 1. The van der Waals surface area contributed by atoms with Crippen LogP contribution in [-0.4, -0.2) is 23.6 Å². The molecule has 9 heteroatoms. The van der Waals surface area contributed by atoms with Crippen molar-refractivity contribution in [3.63, 3.8) is 0 Å². The van der Waals surface area contributed by atoms with E-state index < -0.39 is 5.41 Å². The van der Waals surface area contributed by atoms with Gasteiger partial charge in [0.15, 0.2) is 0 Å². The Morgan fingerprint density at radius 1 is 1.06 bits per heavy atom. The number of rotatable bonds is 6. The fourth-order valence-electron chi connectivity index (χ4n) is 4.00. The lowest BCUT2D eigenvalue weighted by molar-refractivity contribution is -0.138. The second-order valence-corrected chi connectivity index (χ2v) is 9.33. The van der Waals surface area contributed by atoms with Crippen molar-refractivity contribution in [3.8, 4) is 0 Å². The predicted molar refractivity (Wildman–Crippen MR) is 132 cm³/mol. The molecule has 3 N–H and O–H groups in total. The van der Waals surface area contributed by atoms with Crippen molar-refractivity contribution in [2.45, 2.75) is 31.6 Å². The van der Waals surface area contributed by atoms with Crippen molar-refractivity contribution in [1.29, 1.82) is 0 Å². The van der Waals surface area contributed by atoms with E-state index in [1.807, 2.05) is 6.92 Å². The molecule has 0 saturated carbocycles. The van der Waals surface area contributed by atoms with E-state index >= 15 is 0 Å². The molecule has 0 aliphatic carbocycles. The summed E-state index contributed by atoms with van der Waals surface area (Å²) in [6.45, 7) is 1.92. The van der Waals surface area contributed by atoms with Gasteiger partial charge in [0.05, 0.1) is 21.0 Å². The molecule has 174 valence electrons. The van der Waals surface area contributed by atoms with Crippen molar-refractivity contribution in [1.82, 2.24) is 5.32 Å². The van der Waals surface area contributed by atoms with Gasteiger partial charge in [-0.3, -0.25) is 24.5 Å². The molecule has 3 aromatic rings. The van der Waals surface area contributed by atoms with E-state index in [9.17, 15) is 19.2 Å². The minimum absolute atomic E-state index is 0.258. The first-order valence-corrected chi connectivity index (χ1v) is 12.0. The van der Waals surface area contributed by atoms with E-state index in [0.29, 0.717) is 46.1 Å². The zero-order valence-electron chi connectivity index (χ0n) is 18.3. The van der Waals surface area contributed by atoms with Gasteiger partial charge in [-0.1, -0.05) is 36.7 Å². The number of hydrogen-bond acceptors (Lipinski definition) is 5. The molecular weight excluding hydrogens is 474 g/mol. The lowest BCUT2D eigenvalue weighted by Crippen LogP contribution is -2.51. The summed E-state index contributed by atoms with van der Waals surface area (Å²) < 4.78 is 0. The Labute approximate surface area is 205 Å². The Kier molecular flexibility index (Phi) is 6.81. The Bertz CT molecular complexity index is 1260. The number of thiophene rings is 1. The number of hydrogen-bond donors (Lipinski definition) is 3. The Morgan fingerprint density at radius 3 is 2.47 bits per heavy atom. The van der Waals surface area contributed by atoms with Crippen LogP contribution in [0, 0.1) is 0 Å². The molecule has 1 aliphatic heterocycles. The van der Waals surface area contributed by atoms with E-state index in [-0.39, 0.29) is 23.6 Å². The Balaban J connectivity index is 1.48. The van der Waals surface area contributed by atoms with Crippen molar-refractivity contribution >= 4 is 57.9 Å². The van der Waals surface area contributed by atoms with E-state index in [1.165, 1.54) is 17.4 Å². The number of anilines is 2. The number of carbonyl (C=O) groups is 4. The normalized spacial score (nSPS) is 17.7. The van der Waals surface area contributed by atoms with Crippen LogP contribution in [-0.2, 0) is 15.0 Å². The van der Waals surface area contributed by atoms with Crippen molar-refractivity contribution in [2.75, 3.05) is 10.6 Å². The molecule has 1 fully saturated rings. The molecular formula is C25H22ClN3O4S. The lowest BCUT2D eigenvalue weighted by atomic mass is 9.72. The van der Waals surface area contributed by atoms with Crippen molar-refractivity contribution in [3.05, 3.63) is 81.0 Å². The Hall–Kier alpha value is -3.49. The summed E-state index contributed by atoms with van der Waals surface area (Å²) in [5.74, 6) is -1.22. The first kappa shape index (κ1) is 23.7. The van der Waals surface area contributed by atoms with Crippen LogP contribution in [0.4, 0.5) is 11.4 Å². The average Bonchev–Trinajstić information content (AvgIpc) is 3.37. The van der Waals surface area contributed by atoms with Gasteiger partial charge >= 0.3 is 0 Å². The molecule has 34 heavy (non-hydrogen) atoms. The number of piperidine rings is 1. The molecule has 0 spiro atoms. The zero-order chi connectivity index (χ0) is 24.3. The maximum atomic E-state index is 12.8. The van der Waals surface area contributed by atoms with Gasteiger partial charge in [-0.2, -0.15) is 0 Å². The molecule has 4 rings (SSSR count). The van der Waals surface area contributed by atoms with Crippen LogP contribution < -0.4 is 16.0 Å². The maximum absolute atomic E-state index is 12.8. The van der Waals surface area contributed by atoms with Crippen LogP contribution in [0.15, 0.2) is 60.0 Å². The lowest BCUT2D eigenvalue weighted by Gasteiger charge is -2.35. The zero-order valence-corrected chi connectivity index (χ0v) is 19.9. The van der Waals surface area contributed by atoms with Gasteiger partial charge in [0.2, 0.25) is 11.8 Å². The second-order valence-electron chi connectivity index (χ2n) is 7.97. The van der Waals surface area contributed by atoms with Gasteiger partial charge in [0.1, 0.15) is 0 Å². The number of amides is 4. The van der Waals surface area contributed by atoms with Crippen molar-refractivity contribution in [2.24, 2.45) is 0 Å². The highest BCUT2D eigenvalue weighted by atomic mass is 35.5. The minimum atomic E-state index is -0.762. The van der Waals surface area contributed by atoms with Crippen LogP contribution in [0.5, 0.6) is 0 Å². The minimum Gasteiger partial charge on any atom is -0.322 e. The average molecular weight is 496 g/mol. The highest BCUT2D eigenvalue weighted by Crippen LogP contribution is 2.36. The summed E-state index contributed by atoms with van der Waals surface area (Å²) in [4.78, 5) is 49.8. The van der Waals surface area contributed by atoms with E-state index in [1.54, 1.807) is 53.9 Å². The molecule has 1 atom stereocenters. The van der Waals surface area contributed by atoms with Gasteiger partial charge in [0.25, 0.3) is 11.8 Å². The summed E-state index contributed by atoms with van der Waals surface area (Å²) in [6.07, 6.45) is 1.30. The monoisotopic (exact) mass is 495 g/mol. The number of halogens is 1. The molecule has 0 bridgehead atoms. The predicted octanol–water partition coefficient (Wildman–Crippen LogP) is 4.99. The van der Waals surface area contributed by atoms with Crippen LogP contribution in [0.25, 0.3) is 0 Å². The molecule has 0 radical (unpaired) electrons. The maximum Gasteiger partial charge on any atom is 0.265 e. The molecule has 1 aromatic heterocycles. The largest absolute Gasteiger partial charge is 0.322 e. The van der Waals surface area contributed by atoms with Gasteiger partial charge in [0, 0.05) is 17.7 Å². The topological polar surface area (TPSA) is 104 Å². The van der Waals surface area contributed by atoms with Gasteiger partial charge in [-0.05, 0) is 60.2 Å². The third-order valence-electron chi connectivity index (χ3n) is 5.99. The van der Waals surface area contributed by atoms with Gasteiger partial charge in [-0.15, -0.1) is 11.3 Å². The van der Waals surface area contributed by atoms with Crippen LogP contribution in [0.3, 0.4) is 0 Å². The fourth-order valence-corrected chi connectivity index (χ4v) is 4.78. The summed E-state index contributed by atoms with van der Waals surface area (Å²) >= 11 is 7.51. The van der Waals surface area contributed by atoms with Gasteiger partial charge in [-0.25, -0.2) is 0 Å². The van der Waals surface area contributed by atoms with E-state index in [0.717, 1.165) is 5.56 Å². The molecule has 1 saturated heterocycles. The third kappa shape index (κ3) is 4.73. The fraction of sp³-hybridized carbons (Fsp3) is 0.200. The smallest absolute Gasteiger partial charge is 0.265 e. The second kappa shape index (κ2) is 9.79. The van der Waals surface area contributed by atoms with Crippen LogP contribution in [0.2, 0.25) is 5.02 Å². The number of benzene rings is 2. The van der Waals surface area contributed by atoms with E-state index in [2.05, 4.69) is 16.0 Å². The summed E-state index contributed by atoms with van der Waals surface area (Å²) in [5.41, 5.74) is 1.24. The molecule has 2 aromatic carbocycles. The molecule has 4 amide bonds. The quantitative estimate of drug-likeness (QED) is 0.419. The highest BCUT2D eigenvalue weighted by Gasteiger charge is 2.42. The first-order chi connectivity index (χ1) is 16.3. The van der Waals surface area contributed by atoms with Crippen molar-refractivity contribution < 1.29 is 19.2 Å². The standard InChI is InChI=1S/C25H22ClN3O4S/c1-2-25(12-11-21(30)29-24(25)33)16-6-8-17(9-7-16)27-22(31)15-5-10-18(26)19(14-15)28-23(32)20-4-3-13-34-20/h3-10,13-14H,2,11-12H2,1H3,(H,27,31)(H,28,32)(H,29,30,33). The number of nitrogens with one attached hydrogen (secondary N) is 3. The summed E-state index contributed by atoms with van der Waals surface area (Å²) in [6, 6.07) is 15.2. The van der Waals surface area contributed by atoms with Crippen LogP contribution >= 0.6 is 22.9 Å². The summed E-state index contributed by atoms with van der Waals surface area (Å²) in [7, 11) is 0. The SMILES string of the molecule is CCC1(c2ccc(NC(=O)c3ccc(Cl)c(NC(=O)c4cccs4)c3)cc2)CCC(=O)NC1=O. The molecule has 7 nitrogen and oxygen atoms in total. The Morgan fingerprint density at radius 2 is 1.82 bits per heavy atom. The molecule has 1 aliphatic rings.